The number of nitrogens with zero attached hydrogens (tertiary/aromatic N) is 1. The second-order valence-electron chi connectivity index (χ2n) is 6.31. The van der Waals surface area contributed by atoms with Gasteiger partial charge in [-0.25, -0.2) is 4.79 Å². The number of benzene rings is 1. The summed E-state index contributed by atoms with van der Waals surface area (Å²) in [6.45, 7) is 7.88. The van der Waals surface area contributed by atoms with Crippen molar-refractivity contribution in [3.63, 3.8) is 0 Å². The van der Waals surface area contributed by atoms with E-state index in [1.54, 1.807) is 7.11 Å². The first-order chi connectivity index (χ1) is 11.0. The van der Waals surface area contributed by atoms with Gasteiger partial charge < -0.3 is 19.7 Å². The Morgan fingerprint density at radius 1 is 1.48 bits per heavy atom. The number of urea groups is 1. The molecule has 2 amide bonds. The Morgan fingerprint density at radius 3 is 2.91 bits per heavy atom. The summed E-state index contributed by atoms with van der Waals surface area (Å²) in [6, 6.07) is 8.33. The molecule has 1 heterocycles. The molecule has 2 rings (SSSR count). The van der Waals surface area contributed by atoms with Gasteiger partial charge in [-0.05, 0) is 38.3 Å². The molecule has 128 valence electrons. The molecule has 0 spiro atoms. The zero-order valence-electron chi connectivity index (χ0n) is 14.5. The molecule has 0 unspecified atom stereocenters. The molecule has 0 bridgehead atoms. The SMILES string of the molecule is COCC[C@H](C)NC(=O)N1C[C@@H](c2ccccc2C)OC[C@@H]1C. The Balaban J connectivity index is 2.00. The smallest absolute Gasteiger partial charge is 0.318 e. The molecule has 1 aliphatic rings. The molecule has 0 aliphatic carbocycles. The van der Waals surface area contributed by atoms with Gasteiger partial charge in [-0.1, -0.05) is 24.3 Å². The number of nitrogens with one attached hydrogen (secondary N) is 1. The van der Waals surface area contributed by atoms with Gasteiger partial charge >= 0.3 is 6.03 Å². The van der Waals surface area contributed by atoms with Crippen molar-refractivity contribution in [2.45, 2.75) is 45.4 Å². The van der Waals surface area contributed by atoms with Crippen molar-refractivity contribution in [2.75, 3.05) is 26.9 Å². The van der Waals surface area contributed by atoms with Gasteiger partial charge in [-0.15, -0.1) is 0 Å². The molecule has 1 N–H and O–H groups in total. The minimum Gasteiger partial charge on any atom is -0.385 e. The fourth-order valence-electron chi connectivity index (χ4n) is 2.84. The molecule has 0 radical (unpaired) electrons. The van der Waals surface area contributed by atoms with Crippen LogP contribution in [0.15, 0.2) is 24.3 Å². The molecule has 5 heteroatoms. The molecule has 0 aromatic heterocycles. The topological polar surface area (TPSA) is 50.8 Å². The zero-order valence-corrected chi connectivity index (χ0v) is 14.5. The van der Waals surface area contributed by atoms with Crippen molar-refractivity contribution >= 4 is 6.03 Å². The van der Waals surface area contributed by atoms with Gasteiger partial charge in [0.2, 0.25) is 0 Å². The third kappa shape index (κ3) is 4.69. The normalized spacial score (nSPS) is 22.7. The first-order valence-electron chi connectivity index (χ1n) is 8.26. The average Bonchev–Trinajstić information content (AvgIpc) is 2.54. The van der Waals surface area contributed by atoms with E-state index < -0.39 is 0 Å². The Hall–Kier alpha value is -1.59. The number of carbonyl (C=O) groups excluding carboxylic acids is 1. The van der Waals surface area contributed by atoms with Crippen LogP contribution in [0.25, 0.3) is 0 Å². The van der Waals surface area contributed by atoms with E-state index in [1.807, 2.05) is 30.9 Å². The number of carbonyl (C=O) groups is 1. The highest BCUT2D eigenvalue weighted by Gasteiger charge is 2.31. The maximum atomic E-state index is 12.6. The monoisotopic (exact) mass is 320 g/mol. The van der Waals surface area contributed by atoms with Crippen LogP contribution in [0.5, 0.6) is 0 Å². The minimum absolute atomic E-state index is 0.0250. The second-order valence-corrected chi connectivity index (χ2v) is 6.31. The van der Waals surface area contributed by atoms with Crippen LogP contribution in [0.4, 0.5) is 4.79 Å². The van der Waals surface area contributed by atoms with E-state index in [0.29, 0.717) is 19.8 Å². The summed E-state index contributed by atoms with van der Waals surface area (Å²) in [5.41, 5.74) is 2.35. The summed E-state index contributed by atoms with van der Waals surface area (Å²) in [5, 5.41) is 3.05. The van der Waals surface area contributed by atoms with Gasteiger partial charge in [0, 0.05) is 19.8 Å². The van der Waals surface area contributed by atoms with Gasteiger partial charge in [0.25, 0.3) is 0 Å². The second kappa shape index (κ2) is 8.31. The molecule has 23 heavy (non-hydrogen) atoms. The predicted molar refractivity (Wildman–Crippen MR) is 90.5 cm³/mol. The third-order valence-electron chi connectivity index (χ3n) is 4.35. The number of hydrogen-bond acceptors (Lipinski definition) is 3. The van der Waals surface area contributed by atoms with E-state index in [4.69, 9.17) is 9.47 Å². The van der Waals surface area contributed by atoms with E-state index in [1.165, 1.54) is 5.56 Å². The lowest BCUT2D eigenvalue weighted by Crippen LogP contribution is -2.53. The van der Waals surface area contributed by atoms with Crippen LogP contribution < -0.4 is 5.32 Å². The molecule has 1 fully saturated rings. The molecular weight excluding hydrogens is 292 g/mol. The maximum Gasteiger partial charge on any atom is 0.318 e. The lowest BCUT2D eigenvalue weighted by molar-refractivity contribution is -0.0433. The zero-order chi connectivity index (χ0) is 16.8. The van der Waals surface area contributed by atoms with Crippen molar-refractivity contribution in [2.24, 2.45) is 0 Å². The predicted octanol–water partition coefficient (Wildman–Crippen LogP) is 2.89. The summed E-state index contributed by atoms with van der Waals surface area (Å²) in [6.07, 6.45) is 0.745. The summed E-state index contributed by atoms with van der Waals surface area (Å²) in [7, 11) is 1.67. The summed E-state index contributed by atoms with van der Waals surface area (Å²) in [5.74, 6) is 0. The van der Waals surface area contributed by atoms with Crippen LogP contribution in [0.2, 0.25) is 0 Å². The largest absolute Gasteiger partial charge is 0.385 e. The van der Waals surface area contributed by atoms with E-state index >= 15 is 0 Å². The van der Waals surface area contributed by atoms with Gasteiger partial charge in [-0.3, -0.25) is 0 Å². The van der Waals surface area contributed by atoms with Crippen molar-refractivity contribution in [3.05, 3.63) is 35.4 Å². The maximum absolute atomic E-state index is 12.6. The van der Waals surface area contributed by atoms with Gasteiger partial charge in [0.1, 0.15) is 6.10 Å². The molecule has 0 saturated carbocycles. The number of rotatable bonds is 5. The highest BCUT2D eigenvalue weighted by molar-refractivity contribution is 5.75. The van der Waals surface area contributed by atoms with Crippen LogP contribution >= 0.6 is 0 Å². The quantitative estimate of drug-likeness (QED) is 0.907. The van der Waals surface area contributed by atoms with Crippen LogP contribution in [0.1, 0.15) is 37.5 Å². The Morgan fingerprint density at radius 2 is 2.22 bits per heavy atom. The molecular formula is C18H28N2O3. The summed E-state index contributed by atoms with van der Waals surface area (Å²) < 4.78 is 11.0. The fraction of sp³-hybridized carbons (Fsp3) is 0.611. The van der Waals surface area contributed by atoms with Crippen LogP contribution in [-0.2, 0) is 9.47 Å². The lowest BCUT2D eigenvalue weighted by atomic mass is 10.0. The standard InChI is InChI=1S/C18H28N2O3/c1-13-7-5-6-8-16(13)17-11-20(15(3)12-23-17)18(21)19-14(2)9-10-22-4/h5-8,14-15,17H,9-12H2,1-4H3,(H,19,21)/t14-,15-,17-/m0/s1. The van der Waals surface area contributed by atoms with E-state index in [2.05, 4.69) is 24.4 Å². The van der Waals surface area contributed by atoms with Crippen molar-refractivity contribution in [3.8, 4) is 0 Å². The van der Waals surface area contributed by atoms with E-state index in [9.17, 15) is 4.79 Å². The fourth-order valence-corrected chi connectivity index (χ4v) is 2.84. The molecule has 1 aliphatic heterocycles. The number of aryl methyl sites for hydroxylation is 1. The molecule has 3 atom stereocenters. The first kappa shape index (κ1) is 17.8. The summed E-state index contributed by atoms with van der Waals surface area (Å²) >= 11 is 0. The highest BCUT2D eigenvalue weighted by Crippen LogP contribution is 2.27. The number of morpholine rings is 1. The van der Waals surface area contributed by atoms with E-state index in [-0.39, 0.29) is 24.2 Å². The average molecular weight is 320 g/mol. The van der Waals surface area contributed by atoms with Crippen LogP contribution in [-0.4, -0.2) is 49.9 Å². The Kier molecular flexibility index (Phi) is 6.42. The number of amides is 2. The lowest BCUT2D eigenvalue weighted by Gasteiger charge is -2.39. The van der Waals surface area contributed by atoms with Gasteiger partial charge in [-0.2, -0.15) is 0 Å². The van der Waals surface area contributed by atoms with Crippen molar-refractivity contribution in [1.82, 2.24) is 10.2 Å². The molecule has 1 aromatic carbocycles. The highest BCUT2D eigenvalue weighted by atomic mass is 16.5. The van der Waals surface area contributed by atoms with Crippen LogP contribution in [0.3, 0.4) is 0 Å². The van der Waals surface area contributed by atoms with Gasteiger partial charge in [0.15, 0.2) is 0 Å². The Labute approximate surface area is 139 Å². The van der Waals surface area contributed by atoms with Gasteiger partial charge in [0.05, 0.1) is 19.2 Å². The number of methoxy groups -OCH3 is 1. The minimum atomic E-state index is -0.0626. The molecule has 5 nitrogen and oxygen atoms in total. The molecule has 1 aromatic rings. The Bertz CT molecular complexity index is 521. The van der Waals surface area contributed by atoms with Crippen LogP contribution in [0, 0.1) is 6.92 Å². The number of ether oxygens (including phenoxy) is 2. The van der Waals surface area contributed by atoms with Crippen molar-refractivity contribution < 1.29 is 14.3 Å². The van der Waals surface area contributed by atoms with Crippen molar-refractivity contribution in [1.29, 1.82) is 0 Å². The third-order valence-corrected chi connectivity index (χ3v) is 4.35. The van der Waals surface area contributed by atoms with E-state index in [0.717, 1.165) is 12.0 Å². The summed E-state index contributed by atoms with van der Waals surface area (Å²) in [4.78, 5) is 14.4. The molecule has 1 saturated heterocycles. The number of hydrogen-bond donors (Lipinski definition) is 1. The first-order valence-corrected chi connectivity index (χ1v) is 8.26.